The number of rotatable bonds is 3. The number of aliphatic carboxylic acids is 1. The molecule has 1 saturated heterocycles. The van der Waals surface area contributed by atoms with Crippen LogP contribution in [0.3, 0.4) is 0 Å². The van der Waals surface area contributed by atoms with Crippen molar-refractivity contribution in [1.82, 2.24) is 13.9 Å². The Labute approximate surface area is 104 Å². The Morgan fingerprint density at radius 2 is 2.33 bits per heavy atom. The van der Waals surface area contributed by atoms with E-state index in [9.17, 15) is 13.2 Å². The molecule has 0 amide bonds. The summed E-state index contributed by atoms with van der Waals surface area (Å²) in [6.07, 6.45) is 2.69. The van der Waals surface area contributed by atoms with E-state index in [2.05, 4.69) is 4.98 Å². The van der Waals surface area contributed by atoms with Gasteiger partial charge in [-0.2, -0.15) is 4.31 Å². The molecule has 0 aliphatic carbocycles. The Morgan fingerprint density at radius 3 is 2.89 bits per heavy atom. The van der Waals surface area contributed by atoms with E-state index in [1.807, 2.05) is 0 Å². The van der Waals surface area contributed by atoms with Crippen molar-refractivity contribution in [3.8, 4) is 0 Å². The quantitative estimate of drug-likeness (QED) is 0.751. The number of imidazole rings is 1. The van der Waals surface area contributed by atoms with Gasteiger partial charge >= 0.3 is 5.97 Å². The summed E-state index contributed by atoms with van der Waals surface area (Å²) in [6, 6.07) is -1.20. The predicted molar refractivity (Wildman–Crippen MR) is 59.3 cm³/mol. The fraction of sp³-hybridized carbons (Fsp3) is 0.556. The molecule has 0 aromatic carbocycles. The largest absolute Gasteiger partial charge is 0.480 e. The van der Waals surface area contributed by atoms with Gasteiger partial charge in [0.15, 0.2) is 5.03 Å². The van der Waals surface area contributed by atoms with Crippen molar-refractivity contribution in [2.24, 2.45) is 7.05 Å². The number of carboxylic acids is 1. The summed E-state index contributed by atoms with van der Waals surface area (Å²) >= 11 is 0. The van der Waals surface area contributed by atoms with Gasteiger partial charge in [0.1, 0.15) is 6.04 Å². The zero-order valence-electron chi connectivity index (χ0n) is 9.68. The van der Waals surface area contributed by atoms with Gasteiger partial charge in [0.05, 0.1) is 19.5 Å². The molecule has 1 aliphatic rings. The SMILES string of the molecule is Cn1cnc(S(=O)(=O)N2CCOCC2C(=O)O)c1. The van der Waals surface area contributed by atoms with E-state index in [0.717, 1.165) is 4.31 Å². The maximum Gasteiger partial charge on any atom is 0.324 e. The zero-order valence-corrected chi connectivity index (χ0v) is 10.5. The van der Waals surface area contributed by atoms with E-state index < -0.39 is 22.0 Å². The Balaban J connectivity index is 2.36. The number of carboxylic acid groups (broad SMARTS) is 1. The van der Waals surface area contributed by atoms with Gasteiger partial charge in [-0.15, -0.1) is 0 Å². The highest BCUT2D eigenvalue weighted by Gasteiger charge is 2.39. The van der Waals surface area contributed by atoms with Crippen LogP contribution in [0.15, 0.2) is 17.6 Å². The molecule has 8 nitrogen and oxygen atoms in total. The molecule has 18 heavy (non-hydrogen) atoms. The van der Waals surface area contributed by atoms with Gasteiger partial charge in [0.25, 0.3) is 10.0 Å². The topological polar surface area (TPSA) is 102 Å². The third-order valence-electron chi connectivity index (χ3n) is 2.62. The number of nitrogens with zero attached hydrogens (tertiary/aromatic N) is 3. The first kappa shape index (κ1) is 13.0. The number of aryl methyl sites for hydroxylation is 1. The van der Waals surface area contributed by atoms with Gasteiger partial charge in [-0.25, -0.2) is 13.4 Å². The molecule has 1 aliphatic heterocycles. The van der Waals surface area contributed by atoms with Crippen LogP contribution in [0.1, 0.15) is 0 Å². The minimum absolute atomic E-state index is 0.00980. The lowest BCUT2D eigenvalue weighted by atomic mass is 10.3. The first-order valence-electron chi connectivity index (χ1n) is 5.23. The fourth-order valence-corrected chi connectivity index (χ4v) is 3.23. The second-order valence-electron chi connectivity index (χ2n) is 3.92. The summed E-state index contributed by atoms with van der Waals surface area (Å²) < 4.78 is 31.9. The Hall–Kier alpha value is -1.45. The van der Waals surface area contributed by atoms with Gasteiger partial charge in [0, 0.05) is 19.8 Å². The van der Waals surface area contributed by atoms with Crippen molar-refractivity contribution in [3.63, 3.8) is 0 Å². The Kier molecular flexibility index (Phi) is 3.37. The maximum absolute atomic E-state index is 12.2. The van der Waals surface area contributed by atoms with Crippen LogP contribution in [0.25, 0.3) is 0 Å². The summed E-state index contributed by atoms with van der Waals surface area (Å²) in [5, 5.41) is 8.86. The second-order valence-corrected chi connectivity index (χ2v) is 5.76. The molecular formula is C9H13N3O5S. The average molecular weight is 275 g/mol. The molecular weight excluding hydrogens is 262 g/mol. The summed E-state index contributed by atoms with van der Waals surface area (Å²) in [5.41, 5.74) is 0. The standard InChI is InChI=1S/C9H13N3O5S/c1-11-4-8(10-6-11)18(15,16)12-2-3-17-5-7(12)9(13)14/h4,6-7H,2-3,5H2,1H3,(H,13,14). The summed E-state index contributed by atoms with van der Waals surface area (Å²) in [7, 11) is -2.26. The lowest BCUT2D eigenvalue weighted by Crippen LogP contribution is -2.52. The number of aromatic nitrogens is 2. The van der Waals surface area contributed by atoms with Crippen molar-refractivity contribution in [3.05, 3.63) is 12.5 Å². The molecule has 1 unspecified atom stereocenters. The molecule has 0 bridgehead atoms. The normalized spacial score (nSPS) is 21.9. The molecule has 1 atom stereocenters. The van der Waals surface area contributed by atoms with Crippen LogP contribution in [-0.4, -0.2) is 59.2 Å². The lowest BCUT2D eigenvalue weighted by molar-refractivity contribution is -0.146. The van der Waals surface area contributed by atoms with Crippen LogP contribution >= 0.6 is 0 Å². The lowest BCUT2D eigenvalue weighted by Gasteiger charge is -2.30. The molecule has 2 rings (SSSR count). The van der Waals surface area contributed by atoms with E-state index in [0.29, 0.717) is 0 Å². The van der Waals surface area contributed by atoms with Crippen molar-refractivity contribution >= 4 is 16.0 Å². The van der Waals surface area contributed by atoms with Crippen LogP contribution in [-0.2, 0) is 26.6 Å². The van der Waals surface area contributed by atoms with Crippen molar-refractivity contribution in [1.29, 1.82) is 0 Å². The van der Waals surface area contributed by atoms with E-state index in [1.54, 1.807) is 7.05 Å². The molecule has 1 aromatic heterocycles. The van der Waals surface area contributed by atoms with E-state index in [4.69, 9.17) is 9.84 Å². The third kappa shape index (κ3) is 2.24. The molecule has 1 aromatic rings. The van der Waals surface area contributed by atoms with Crippen molar-refractivity contribution in [2.75, 3.05) is 19.8 Å². The van der Waals surface area contributed by atoms with Crippen LogP contribution in [0, 0.1) is 0 Å². The minimum Gasteiger partial charge on any atom is -0.480 e. The molecule has 0 spiro atoms. The molecule has 0 radical (unpaired) electrons. The van der Waals surface area contributed by atoms with Crippen molar-refractivity contribution < 1.29 is 23.1 Å². The molecule has 9 heteroatoms. The van der Waals surface area contributed by atoms with Gasteiger partial charge in [-0.3, -0.25) is 4.79 Å². The minimum atomic E-state index is -3.89. The first-order chi connectivity index (χ1) is 8.43. The summed E-state index contributed by atoms with van der Waals surface area (Å²) in [4.78, 5) is 14.8. The average Bonchev–Trinajstić information content (AvgIpc) is 2.76. The molecule has 2 heterocycles. The van der Waals surface area contributed by atoms with Gasteiger partial charge in [-0.05, 0) is 0 Å². The highest BCUT2D eigenvalue weighted by atomic mass is 32.2. The van der Waals surface area contributed by atoms with Crippen molar-refractivity contribution in [2.45, 2.75) is 11.1 Å². The highest BCUT2D eigenvalue weighted by Crippen LogP contribution is 2.19. The van der Waals surface area contributed by atoms with Crippen LogP contribution in [0.2, 0.25) is 0 Å². The monoisotopic (exact) mass is 275 g/mol. The molecule has 1 N–H and O–H groups in total. The second kappa shape index (κ2) is 4.67. The van der Waals surface area contributed by atoms with Crippen LogP contribution in [0.5, 0.6) is 0 Å². The van der Waals surface area contributed by atoms with E-state index in [1.165, 1.54) is 17.1 Å². The number of hydrogen-bond donors (Lipinski definition) is 1. The van der Waals surface area contributed by atoms with Gasteiger partial charge in [0.2, 0.25) is 0 Å². The van der Waals surface area contributed by atoms with Crippen LogP contribution < -0.4 is 0 Å². The summed E-state index contributed by atoms with van der Waals surface area (Å²) in [5.74, 6) is -1.23. The smallest absolute Gasteiger partial charge is 0.324 e. The maximum atomic E-state index is 12.2. The molecule has 100 valence electrons. The number of morpholine rings is 1. The zero-order chi connectivity index (χ0) is 13.3. The number of carbonyl (C=O) groups is 1. The number of hydrogen-bond acceptors (Lipinski definition) is 5. The Bertz CT molecular complexity index is 552. The van der Waals surface area contributed by atoms with Gasteiger partial charge < -0.3 is 14.4 Å². The van der Waals surface area contributed by atoms with E-state index in [-0.39, 0.29) is 24.8 Å². The summed E-state index contributed by atoms with van der Waals surface area (Å²) in [6.45, 7) is 0.0348. The fourth-order valence-electron chi connectivity index (χ4n) is 1.71. The predicted octanol–water partition coefficient (Wildman–Crippen LogP) is -1.11. The number of sulfonamides is 1. The molecule has 1 fully saturated rings. The third-order valence-corrected chi connectivity index (χ3v) is 4.41. The molecule has 0 saturated carbocycles. The first-order valence-corrected chi connectivity index (χ1v) is 6.67. The number of ether oxygens (including phenoxy) is 1. The van der Waals surface area contributed by atoms with Gasteiger partial charge in [-0.1, -0.05) is 0 Å². The van der Waals surface area contributed by atoms with E-state index >= 15 is 0 Å². The highest BCUT2D eigenvalue weighted by molar-refractivity contribution is 7.89. The van der Waals surface area contributed by atoms with Crippen LogP contribution in [0.4, 0.5) is 0 Å². The Morgan fingerprint density at radius 1 is 1.61 bits per heavy atom.